The molecule has 1 aromatic carbocycles. The Hall–Kier alpha value is -2.09. The van der Waals surface area contributed by atoms with Crippen LogP contribution in [0.25, 0.3) is 0 Å². The normalized spacial score (nSPS) is 10.9. The van der Waals surface area contributed by atoms with E-state index in [-0.39, 0.29) is 5.56 Å². The van der Waals surface area contributed by atoms with Gasteiger partial charge in [0.15, 0.2) is 0 Å². The second-order valence-corrected chi connectivity index (χ2v) is 3.22. The Labute approximate surface area is 99.8 Å². The SMILES string of the molecule is CC(=O)ONNC(=O)c1ccc(C(F)(F)F)cc1. The number of hydrogen-bond donors (Lipinski definition) is 2. The molecule has 0 aromatic heterocycles. The van der Waals surface area contributed by atoms with Crippen molar-refractivity contribution < 1.29 is 27.6 Å². The van der Waals surface area contributed by atoms with E-state index in [1.165, 1.54) is 0 Å². The Bertz CT molecular complexity index is 443. The molecule has 5 nitrogen and oxygen atoms in total. The summed E-state index contributed by atoms with van der Waals surface area (Å²) in [7, 11) is 0. The lowest BCUT2D eigenvalue weighted by Gasteiger charge is -2.08. The topological polar surface area (TPSA) is 67.4 Å². The van der Waals surface area contributed by atoms with Crippen molar-refractivity contribution in [3.63, 3.8) is 0 Å². The first-order valence-corrected chi connectivity index (χ1v) is 4.70. The molecule has 0 atom stereocenters. The van der Waals surface area contributed by atoms with Crippen LogP contribution in [0.5, 0.6) is 0 Å². The second-order valence-electron chi connectivity index (χ2n) is 3.22. The molecule has 18 heavy (non-hydrogen) atoms. The van der Waals surface area contributed by atoms with Crippen molar-refractivity contribution in [2.24, 2.45) is 0 Å². The molecule has 0 bridgehead atoms. The van der Waals surface area contributed by atoms with Crippen LogP contribution in [0.3, 0.4) is 0 Å². The van der Waals surface area contributed by atoms with Crippen LogP contribution in [0.15, 0.2) is 24.3 Å². The van der Waals surface area contributed by atoms with E-state index < -0.39 is 23.6 Å². The van der Waals surface area contributed by atoms with Gasteiger partial charge in [0, 0.05) is 12.5 Å². The minimum absolute atomic E-state index is 0.0114. The summed E-state index contributed by atoms with van der Waals surface area (Å²) in [5.74, 6) is -1.41. The Kier molecular flexibility index (Phi) is 4.27. The van der Waals surface area contributed by atoms with Gasteiger partial charge >= 0.3 is 12.1 Å². The number of rotatable bonds is 3. The summed E-state index contributed by atoms with van der Waals surface area (Å²) in [6, 6.07) is 3.57. The monoisotopic (exact) mass is 262 g/mol. The van der Waals surface area contributed by atoms with Gasteiger partial charge in [-0.05, 0) is 24.3 Å². The lowest BCUT2D eigenvalue weighted by molar-refractivity contribution is -0.150. The fourth-order valence-corrected chi connectivity index (χ4v) is 1.03. The summed E-state index contributed by atoms with van der Waals surface area (Å²) in [6.45, 7) is 1.11. The van der Waals surface area contributed by atoms with Crippen molar-refractivity contribution >= 4 is 11.9 Å². The van der Waals surface area contributed by atoms with E-state index in [1.54, 1.807) is 0 Å². The van der Waals surface area contributed by atoms with Gasteiger partial charge in [-0.25, -0.2) is 0 Å². The first kappa shape index (κ1) is 14.0. The van der Waals surface area contributed by atoms with Crippen molar-refractivity contribution in [3.8, 4) is 0 Å². The van der Waals surface area contributed by atoms with Crippen molar-refractivity contribution in [1.29, 1.82) is 0 Å². The standard InChI is InChI=1S/C10H9F3N2O3/c1-6(16)18-15-14-9(17)7-2-4-8(5-3-7)10(11,12)13/h2-5,15H,1H3,(H,14,17). The minimum atomic E-state index is -4.45. The first-order chi connectivity index (χ1) is 8.30. The number of alkyl halides is 3. The first-order valence-electron chi connectivity index (χ1n) is 4.70. The molecule has 8 heteroatoms. The van der Waals surface area contributed by atoms with Crippen LogP contribution in [0.4, 0.5) is 13.2 Å². The molecule has 1 rings (SSSR count). The third-order valence-corrected chi connectivity index (χ3v) is 1.83. The van der Waals surface area contributed by atoms with E-state index in [4.69, 9.17) is 0 Å². The third kappa shape index (κ3) is 4.06. The third-order valence-electron chi connectivity index (χ3n) is 1.83. The molecular weight excluding hydrogens is 253 g/mol. The molecule has 1 aromatic rings. The molecule has 0 saturated heterocycles. The Morgan fingerprint density at radius 2 is 1.72 bits per heavy atom. The zero-order valence-corrected chi connectivity index (χ0v) is 9.17. The van der Waals surface area contributed by atoms with Gasteiger partial charge in [-0.2, -0.15) is 13.2 Å². The number of halogens is 3. The zero-order chi connectivity index (χ0) is 13.8. The van der Waals surface area contributed by atoms with E-state index in [0.29, 0.717) is 0 Å². The van der Waals surface area contributed by atoms with Crippen molar-refractivity contribution in [3.05, 3.63) is 35.4 Å². The number of hydrazine groups is 1. The van der Waals surface area contributed by atoms with Gasteiger partial charge in [-0.15, -0.1) is 0 Å². The number of amides is 1. The molecule has 0 spiro atoms. The van der Waals surface area contributed by atoms with Crippen LogP contribution in [0, 0.1) is 0 Å². The van der Waals surface area contributed by atoms with Crippen molar-refractivity contribution in [1.82, 2.24) is 11.0 Å². The Morgan fingerprint density at radius 1 is 1.17 bits per heavy atom. The molecule has 0 aliphatic heterocycles. The summed E-state index contributed by atoms with van der Waals surface area (Å²) < 4.78 is 36.7. The summed E-state index contributed by atoms with van der Waals surface area (Å²) in [4.78, 5) is 25.9. The highest BCUT2D eigenvalue weighted by molar-refractivity contribution is 5.93. The molecule has 0 aliphatic rings. The summed E-state index contributed by atoms with van der Waals surface area (Å²) in [5.41, 5.74) is 2.97. The molecule has 0 fully saturated rings. The summed E-state index contributed by atoms with van der Waals surface area (Å²) in [5, 5.41) is 0. The predicted molar refractivity (Wildman–Crippen MR) is 53.8 cm³/mol. The van der Waals surface area contributed by atoms with Crippen molar-refractivity contribution in [2.75, 3.05) is 0 Å². The minimum Gasteiger partial charge on any atom is -0.351 e. The molecule has 0 unspecified atom stereocenters. The average Bonchev–Trinajstić information content (AvgIpc) is 2.27. The molecule has 2 N–H and O–H groups in total. The highest BCUT2D eigenvalue weighted by Gasteiger charge is 2.30. The summed E-state index contributed by atoms with van der Waals surface area (Å²) >= 11 is 0. The lowest BCUT2D eigenvalue weighted by Crippen LogP contribution is -2.38. The van der Waals surface area contributed by atoms with Crippen LogP contribution in [0.1, 0.15) is 22.8 Å². The van der Waals surface area contributed by atoms with Crippen LogP contribution in [-0.2, 0) is 15.8 Å². The van der Waals surface area contributed by atoms with Gasteiger partial charge in [0.2, 0.25) is 0 Å². The molecule has 98 valence electrons. The number of benzene rings is 1. The summed E-state index contributed by atoms with van der Waals surface area (Å²) in [6.07, 6.45) is -4.45. The second kappa shape index (κ2) is 5.50. The molecule has 0 radical (unpaired) electrons. The molecule has 0 saturated carbocycles. The smallest absolute Gasteiger partial charge is 0.351 e. The Morgan fingerprint density at radius 3 is 2.17 bits per heavy atom. The molecule has 0 aliphatic carbocycles. The highest BCUT2D eigenvalue weighted by Crippen LogP contribution is 2.28. The van der Waals surface area contributed by atoms with Gasteiger partial charge in [0.05, 0.1) is 5.56 Å². The number of carbonyl (C=O) groups is 2. The van der Waals surface area contributed by atoms with Gasteiger partial charge in [0.25, 0.3) is 5.91 Å². The quantitative estimate of drug-likeness (QED) is 0.808. The Balaban J connectivity index is 2.62. The molecule has 1 amide bonds. The zero-order valence-electron chi connectivity index (χ0n) is 9.17. The van der Waals surface area contributed by atoms with E-state index in [0.717, 1.165) is 31.2 Å². The van der Waals surface area contributed by atoms with Crippen LogP contribution in [-0.4, -0.2) is 11.9 Å². The maximum absolute atomic E-state index is 12.2. The number of hydrogen-bond acceptors (Lipinski definition) is 4. The number of carbonyl (C=O) groups excluding carboxylic acids is 2. The van der Waals surface area contributed by atoms with Crippen LogP contribution >= 0.6 is 0 Å². The van der Waals surface area contributed by atoms with E-state index in [9.17, 15) is 22.8 Å². The maximum atomic E-state index is 12.2. The van der Waals surface area contributed by atoms with Gasteiger partial charge in [0.1, 0.15) is 0 Å². The van der Waals surface area contributed by atoms with Crippen LogP contribution < -0.4 is 11.0 Å². The van der Waals surface area contributed by atoms with Gasteiger partial charge in [-0.3, -0.25) is 15.0 Å². The maximum Gasteiger partial charge on any atom is 0.416 e. The van der Waals surface area contributed by atoms with Gasteiger partial charge in [-0.1, -0.05) is 5.59 Å². The highest BCUT2D eigenvalue weighted by atomic mass is 19.4. The molecular formula is C10H9F3N2O3. The molecule has 0 heterocycles. The average molecular weight is 262 g/mol. The van der Waals surface area contributed by atoms with Crippen molar-refractivity contribution in [2.45, 2.75) is 13.1 Å². The largest absolute Gasteiger partial charge is 0.416 e. The van der Waals surface area contributed by atoms with E-state index >= 15 is 0 Å². The fourth-order valence-electron chi connectivity index (χ4n) is 1.03. The van der Waals surface area contributed by atoms with Gasteiger partial charge < -0.3 is 4.84 Å². The number of nitrogens with one attached hydrogen (secondary N) is 2. The lowest BCUT2D eigenvalue weighted by atomic mass is 10.1. The van der Waals surface area contributed by atoms with Crippen LogP contribution in [0.2, 0.25) is 0 Å². The predicted octanol–water partition coefficient (Wildman–Crippen LogP) is 1.42. The van der Waals surface area contributed by atoms with E-state index in [1.807, 2.05) is 11.0 Å². The fraction of sp³-hybridized carbons (Fsp3) is 0.200. The van der Waals surface area contributed by atoms with E-state index in [2.05, 4.69) is 4.84 Å².